The van der Waals surface area contributed by atoms with Gasteiger partial charge in [0.25, 0.3) is 0 Å². The summed E-state index contributed by atoms with van der Waals surface area (Å²) in [6.07, 6.45) is 4.53. The summed E-state index contributed by atoms with van der Waals surface area (Å²) in [7, 11) is 0. The van der Waals surface area contributed by atoms with Crippen molar-refractivity contribution in [3.05, 3.63) is 10.4 Å². The summed E-state index contributed by atoms with van der Waals surface area (Å²) < 4.78 is 4.23. The van der Waals surface area contributed by atoms with Gasteiger partial charge in [0.15, 0.2) is 0 Å². The van der Waals surface area contributed by atoms with E-state index in [-0.39, 0.29) is 0 Å². The lowest BCUT2D eigenvalue weighted by Crippen LogP contribution is -2.02. The van der Waals surface area contributed by atoms with Gasteiger partial charge in [0.05, 0.1) is 16.3 Å². The molecule has 0 fully saturated rings. The Morgan fingerprint density at radius 3 is 2.95 bits per heavy atom. The van der Waals surface area contributed by atoms with E-state index < -0.39 is 0 Å². The highest BCUT2D eigenvalue weighted by Gasteiger charge is 2.15. The van der Waals surface area contributed by atoms with Crippen LogP contribution < -0.4 is 11.1 Å². The van der Waals surface area contributed by atoms with Gasteiger partial charge in [-0.3, -0.25) is 0 Å². The number of nitrogens with zero attached hydrogens (tertiary/aromatic N) is 2. The van der Waals surface area contributed by atoms with E-state index in [1.54, 1.807) is 11.3 Å². The van der Waals surface area contributed by atoms with Crippen LogP contribution in [0.15, 0.2) is 5.38 Å². The second-order valence-corrected chi connectivity index (χ2v) is 6.97. The van der Waals surface area contributed by atoms with Gasteiger partial charge >= 0.3 is 0 Å². The van der Waals surface area contributed by atoms with Crippen LogP contribution >= 0.6 is 34.6 Å². The van der Waals surface area contributed by atoms with E-state index in [4.69, 9.17) is 5.73 Å². The van der Waals surface area contributed by atoms with Gasteiger partial charge in [-0.1, -0.05) is 0 Å². The molecule has 3 N–H and O–H groups in total. The minimum absolute atomic E-state index is 0.571. The van der Waals surface area contributed by atoms with Gasteiger partial charge in [-0.25, -0.2) is 4.98 Å². The van der Waals surface area contributed by atoms with Crippen LogP contribution in [-0.4, -0.2) is 27.9 Å². The molecule has 2 rings (SSSR count). The molecule has 0 bridgehead atoms. The summed E-state index contributed by atoms with van der Waals surface area (Å²) >= 11 is 4.94. The van der Waals surface area contributed by atoms with E-state index in [1.807, 2.05) is 24.1 Å². The number of nitrogen functional groups attached to an aromatic ring is 1. The average molecular weight is 315 g/mol. The molecule has 7 heteroatoms. The summed E-state index contributed by atoms with van der Waals surface area (Å²) in [6.45, 7) is 2.96. The van der Waals surface area contributed by atoms with Crippen LogP contribution in [0.1, 0.15) is 17.8 Å². The lowest BCUT2D eigenvalue weighted by molar-refractivity contribution is 0.845. The monoisotopic (exact) mass is 314 g/mol. The lowest BCUT2D eigenvalue weighted by Gasteiger charge is -2.05. The number of thioether (sulfide) groups is 1. The van der Waals surface area contributed by atoms with Crippen LogP contribution in [0.5, 0.6) is 0 Å². The number of aryl methyl sites for hydroxylation is 1. The van der Waals surface area contributed by atoms with E-state index >= 15 is 0 Å². The number of thiazole rings is 1. The number of hydrogen-bond acceptors (Lipinski definition) is 7. The molecular weight excluding hydrogens is 296 g/mol. The predicted molar refractivity (Wildman–Crippen MR) is 88.5 cm³/mol. The molecule has 0 atom stereocenters. The molecule has 0 unspecified atom stereocenters. The molecule has 19 heavy (non-hydrogen) atoms. The molecular formula is C12H18N4S3. The first-order valence-electron chi connectivity index (χ1n) is 6.13. The van der Waals surface area contributed by atoms with Crippen molar-refractivity contribution in [1.29, 1.82) is 0 Å². The number of nitrogens with one attached hydrogen (secondary N) is 1. The SMILES string of the molecule is CSCCCCNc1snc(N)c1-c1csc(C)n1. The fourth-order valence-corrected chi connectivity index (χ4v) is 3.57. The van der Waals surface area contributed by atoms with Gasteiger partial charge in [-0.15, -0.1) is 11.3 Å². The Bertz CT molecular complexity index is 521. The molecule has 0 amide bonds. The van der Waals surface area contributed by atoms with E-state index in [9.17, 15) is 0 Å². The molecule has 104 valence electrons. The number of unbranched alkanes of at least 4 members (excludes halogenated alkanes) is 1. The van der Waals surface area contributed by atoms with Crippen molar-refractivity contribution < 1.29 is 0 Å². The summed E-state index contributed by atoms with van der Waals surface area (Å²) in [5, 5.41) is 7.55. The van der Waals surface area contributed by atoms with Gasteiger partial charge in [0.1, 0.15) is 10.8 Å². The molecule has 0 saturated carbocycles. The van der Waals surface area contributed by atoms with Crippen molar-refractivity contribution in [2.24, 2.45) is 0 Å². The third-order valence-corrected chi connectivity index (χ3v) is 4.94. The van der Waals surface area contributed by atoms with Crippen molar-refractivity contribution in [3.8, 4) is 11.3 Å². The highest BCUT2D eigenvalue weighted by Crippen LogP contribution is 2.36. The van der Waals surface area contributed by atoms with Crippen molar-refractivity contribution in [2.45, 2.75) is 19.8 Å². The molecule has 0 aliphatic rings. The number of anilines is 2. The number of nitrogens with two attached hydrogens (primary N) is 1. The first-order valence-corrected chi connectivity index (χ1v) is 9.17. The largest absolute Gasteiger partial charge is 0.382 e. The minimum atomic E-state index is 0.571. The third-order valence-electron chi connectivity index (χ3n) is 2.65. The van der Waals surface area contributed by atoms with Crippen molar-refractivity contribution in [2.75, 3.05) is 29.6 Å². The molecule has 0 aliphatic heterocycles. The van der Waals surface area contributed by atoms with E-state index in [1.165, 1.54) is 23.7 Å². The Labute approximate surface area is 126 Å². The van der Waals surface area contributed by atoms with Crippen LogP contribution in [0.3, 0.4) is 0 Å². The Morgan fingerprint density at radius 2 is 2.26 bits per heavy atom. The second-order valence-electron chi connectivity index (χ2n) is 4.15. The first kappa shape index (κ1) is 14.6. The second kappa shape index (κ2) is 7.12. The molecule has 2 aromatic heterocycles. The van der Waals surface area contributed by atoms with Crippen LogP contribution in [-0.2, 0) is 0 Å². The zero-order valence-corrected chi connectivity index (χ0v) is 13.6. The predicted octanol–water partition coefficient (Wildman–Crippen LogP) is 3.71. The van der Waals surface area contributed by atoms with Crippen LogP contribution in [0.25, 0.3) is 11.3 Å². The van der Waals surface area contributed by atoms with Gasteiger partial charge in [0.2, 0.25) is 0 Å². The highest BCUT2D eigenvalue weighted by atomic mass is 32.2. The Hall–Kier alpha value is -0.790. The maximum Gasteiger partial charge on any atom is 0.148 e. The van der Waals surface area contributed by atoms with Crippen LogP contribution in [0.4, 0.5) is 10.8 Å². The molecule has 0 aliphatic carbocycles. The van der Waals surface area contributed by atoms with Crippen LogP contribution in [0.2, 0.25) is 0 Å². The molecule has 0 aromatic carbocycles. The molecule has 2 heterocycles. The Balaban J connectivity index is 2.02. The maximum absolute atomic E-state index is 5.96. The highest BCUT2D eigenvalue weighted by molar-refractivity contribution is 7.98. The molecule has 0 radical (unpaired) electrons. The molecule has 0 saturated heterocycles. The zero-order chi connectivity index (χ0) is 13.7. The normalized spacial score (nSPS) is 10.8. The standard InChI is InChI=1S/C12H18N4S3/c1-8-15-9(7-18-8)10-11(13)16-19-12(10)14-5-3-4-6-17-2/h7,14H,3-6H2,1-2H3,(H2,13,16). The number of hydrogen-bond donors (Lipinski definition) is 2. The zero-order valence-electron chi connectivity index (χ0n) is 11.1. The van der Waals surface area contributed by atoms with Gasteiger partial charge < -0.3 is 11.1 Å². The maximum atomic E-state index is 5.96. The topological polar surface area (TPSA) is 63.8 Å². The minimum Gasteiger partial charge on any atom is -0.382 e. The Kier molecular flexibility index (Phi) is 5.47. The summed E-state index contributed by atoms with van der Waals surface area (Å²) in [5.74, 6) is 1.78. The smallest absolute Gasteiger partial charge is 0.148 e. The number of rotatable bonds is 7. The third kappa shape index (κ3) is 3.84. The molecule has 0 spiro atoms. The molecule has 4 nitrogen and oxygen atoms in total. The fourth-order valence-electron chi connectivity index (χ4n) is 1.72. The molecule has 2 aromatic rings. The average Bonchev–Trinajstić information content (AvgIpc) is 2.95. The van der Waals surface area contributed by atoms with Gasteiger partial charge in [-0.2, -0.15) is 16.1 Å². The van der Waals surface area contributed by atoms with Crippen molar-refractivity contribution in [1.82, 2.24) is 9.36 Å². The Morgan fingerprint density at radius 1 is 1.42 bits per heavy atom. The quantitative estimate of drug-likeness (QED) is 0.763. The number of aromatic nitrogens is 2. The van der Waals surface area contributed by atoms with Gasteiger partial charge in [-0.05, 0) is 43.3 Å². The van der Waals surface area contributed by atoms with Crippen molar-refractivity contribution >= 4 is 45.5 Å². The fraction of sp³-hybridized carbons (Fsp3) is 0.500. The van der Waals surface area contributed by atoms with E-state index in [0.29, 0.717) is 5.82 Å². The van der Waals surface area contributed by atoms with E-state index in [0.717, 1.165) is 34.2 Å². The van der Waals surface area contributed by atoms with Gasteiger partial charge in [0, 0.05) is 11.9 Å². The summed E-state index contributed by atoms with van der Waals surface area (Å²) in [6, 6.07) is 0. The van der Waals surface area contributed by atoms with Crippen LogP contribution in [0, 0.1) is 6.92 Å². The summed E-state index contributed by atoms with van der Waals surface area (Å²) in [4.78, 5) is 4.49. The first-order chi connectivity index (χ1) is 9.22. The lowest BCUT2D eigenvalue weighted by atomic mass is 10.2. The van der Waals surface area contributed by atoms with Crippen molar-refractivity contribution in [3.63, 3.8) is 0 Å². The summed E-state index contributed by atoms with van der Waals surface area (Å²) in [5.41, 5.74) is 7.84. The van der Waals surface area contributed by atoms with E-state index in [2.05, 4.69) is 20.9 Å².